The van der Waals surface area contributed by atoms with Crippen LogP contribution in [0.2, 0.25) is 0 Å². The molecule has 14 heavy (non-hydrogen) atoms. The van der Waals surface area contributed by atoms with Gasteiger partial charge in [0.05, 0.1) is 12.4 Å². The molecule has 0 spiro atoms. The van der Waals surface area contributed by atoms with Crippen LogP contribution < -0.4 is 11.1 Å². The first kappa shape index (κ1) is 10.8. The van der Waals surface area contributed by atoms with Crippen molar-refractivity contribution in [2.24, 2.45) is 11.8 Å². The Morgan fingerprint density at radius 3 is 2.50 bits per heavy atom. The van der Waals surface area contributed by atoms with Crippen LogP contribution >= 0.6 is 0 Å². The maximum atomic E-state index is 5.43. The highest BCUT2D eigenvalue weighted by molar-refractivity contribution is 5.35. The lowest BCUT2D eigenvalue weighted by atomic mass is 9.98. The zero-order chi connectivity index (χ0) is 10.6. The predicted octanol–water partition coefficient (Wildman–Crippen LogP) is 1.76. The van der Waals surface area contributed by atoms with Gasteiger partial charge in [0.1, 0.15) is 11.6 Å². The van der Waals surface area contributed by atoms with Gasteiger partial charge >= 0.3 is 0 Å². The Morgan fingerprint density at radius 1 is 1.29 bits per heavy atom. The average molecular weight is 194 g/mol. The van der Waals surface area contributed by atoms with Crippen molar-refractivity contribution in [2.45, 2.75) is 20.8 Å². The minimum atomic E-state index is 0.451. The summed E-state index contributed by atoms with van der Waals surface area (Å²) < 4.78 is 0. The van der Waals surface area contributed by atoms with E-state index in [-0.39, 0.29) is 0 Å². The maximum absolute atomic E-state index is 5.43. The van der Waals surface area contributed by atoms with Crippen LogP contribution in [-0.4, -0.2) is 16.5 Å². The van der Waals surface area contributed by atoms with E-state index in [1.807, 2.05) is 0 Å². The second kappa shape index (κ2) is 4.79. The highest BCUT2D eigenvalue weighted by Crippen LogP contribution is 2.10. The zero-order valence-electron chi connectivity index (χ0n) is 8.99. The summed E-state index contributed by atoms with van der Waals surface area (Å²) in [7, 11) is 0. The van der Waals surface area contributed by atoms with Gasteiger partial charge in [-0.1, -0.05) is 20.8 Å². The summed E-state index contributed by atoms with van der Waals surface area (Å²) in [6.07, 6.45) is 3.21. The zero-order valence-corrected chi connectivity index (χ0v) is 8.99. The molecule has 78 valence electrons. The molecule has 1 aromatic heterocycles. The normalized spacial score (nSPS) is 12.9. The summed E-state index contributed by atoms with van der Waals surface area (Å²) >= 11 is 0. The number of nitrogens with zero attached hydrogens (tertiary/aromatic N) is 2. The third-order valence-corrected chi connectivity index (χ3v) is 2.42. The SMILES string of the molecule is CC(C)C(C)CNc1cnc(N)cn1. The molecule has 0 fully saturated rings. The lowest BCUT2D eigenvalue weighted by molar-refractivity contribution is 0.439. The molecule has 1 atom stereocenters. The van der Waals surface area contributed by atoms with Gasteiger partial charge in [-0.2, -0.15) is 0 Å². The van der Waals surface area contributed by atoms with Crippen LogP contribution in [0.25, 0.3) is 0 Å². The minimum Gasteiger partial charge on any atom is -0.382 e. The molecule has 0 saturated heterocycles. The van der Waals surface area contributed by atoms with Gasteiger partial charge in [0.15, 0.2) is 0 Å². The number of nitrogens with two attached hydrogens (primary N) is 1. The fourth-order valence-electron chi connectivity index (χ4n) is 0.931. The molecule has 1 heterocycles. The van der Waals surface area contributed by atoms with Gasteiger partial charge in [0.25, 0.3) is 0 Å². The topological polar surface area (TPSA) is 63.8 Å². The molecule has 0 aliphatic carbocycles. The van der Waals surface area contributed by atoms with Gasteiger partial charge in [-0.05, 0) is 11.8 Å². The van der Waals surface area contributed by atoms with Crippen LogP contribution in [0.4, 0.5) is 11.6 Å². The number of rotatable bonds is 4. The van der Waals surface area contributed by atoms with E-state index in [0.29, 0.717) is 17.7 Å². The number of hydrogen-bond donors (Lipinski definition) is 2. The van der Waals surface area contributed by atoms with Crippen molar-refractivity contribution in [2.75, 3.05) is 17.6 Å². The van der Waals surface area contributed by atoms with Gasteiger partial charge in [-0.25, -0.2) is 9.97 Å². The number of anilines is 2. The Morgan fingerprint density at radius 2 is 2.00 bits per heavy atom. The first-order chi connectivity index (χ1) is 6.59. The Balaban J connectivity index is 2.42. The standard InChI is InChI=1S/C10H18N4/c1-7(2)8(3)4-13-10-6-12-9(11)5-14-10/h5-8H,4H2,1-3H3,(H2,11,12)(H,13,14). The van der Waals surface area contributed by atoms with E-state index < -0.39 is 0 Å². The summed E-state index contributed by atoms with van der Waals surface area (Å²) in [6.45, 7) is 7.54. The highest BCUT2D eigenvalue weighted by atomic mass is 15.0. The number of hydrogen-bond acceptors (Lipinski definition) is 4. The monoisotopic (exact) mass is 194 g/mol. The molecule has 3 N–H and O–H groups in total. The van der Waals surface area contributed by atoms with Crippen LogP contribution in [0.1, 0.15) is 20.8 Å². The molecular formula is C10H18N4. The summed E-state index contributed by atoms with van der Waals surface area (Å²) in [4.78, 5) is 8.07. The smallest absolute Gasteiger partial charge is 0.144 e. The van der Waals surface area contributed by atoms with Gasteiger partial charge < -0.3 is 11.1 Å². The Labute approximate surface area is 85.0 Å². The number of nitrogens with one attached hydrogen (secondary N) is 1. The van der Waals surface area contributed by atoms with Crippen LogP contribution in [-0.2, 0) is 0 Å². The van der Waals surface area contributed by atoms with Crippen molar-refractivity contribution in [1.82, 2.24) is 9.97 Å². The van der Waals surface area contributed by atoms with E-state index in [4.69, 9.17) is 5.73 Å². The molecule has 0 amide bonds. The van der Waals surface area contributed by atoms with Crippen molar-refractivity contribution in [3.8, 4) is 0 Å². The molecule has 4 nitrogen and oxygen atoms in total. The lowest BCUT2D eigenvalue weighted by Gasteiger charge is -2.16. The van der Waals surface area contributed by atoms with Gasteiger partial charge in [-0.3, -0.25) is 0 Å². The van der Waals surface area contributed by atoms with Crippen molar-refractivity contribution in [3.63, 3.8) is 0 Å². The Bertz CT molecular complexity index is 268. The molecule has 1 rings (SSSR count). The van der Waals surface area contributed by atoms with E-state index in [0.717, 1.165) is 12.4 Å². The number of nitrogen functional groups attached to an aromatic ring is 1. The van der Waals surface area contributed by atoms with Crippen molar-refractivity contribution in [1.29, 1.82) is 0 Å². The van der Waals surface area contributed by atoms with Crippen molar-refractivity contribution in [3.05, 3.63) is 12.4 Å². The molecule has 0 saturated carbocycles. The molecule has 0 aromatic carbocycles. The molecule has 4 heteroatoms. The lowest BCUT2D eigenvalue weighted by Crippen LogP contribution is -2.16. The quantitative estimate of drug-likeness (QED) is 0.766. The largest absolute Gasteiger partial charge is 0.382 e. The molecule has 1 aromatic rings. The van der Waals surface area contributed by atoms with E-state index in [2.05, 4.69) is 36.1 Å². The summed E-state index contributed by atoms with van der Waals surface area (Å²) in [5, 5.41) is 3.22. The fourth-order valence-corrected chi connectivity index (χ4v) is 0.931. The molecule has 1 unspecified atom stereocenters. The van der Waals surface area contributed by atoms with Crippen LogP contribution in [0.5, 0.6) is 0 Å². The number of aromatic nitrogens is 2. The summed E-state index contributed by atoms with van der Waals surface area (Å²) in [5.74, 6) is 2.53. The first-order valence-electron chi connectivity index (χ1n) is 4.91. The Kier molecular flexibility index (Phi) is 3.68. The van der Waals surface area contributed by atoms with Crippen LogP contribution in [0, 0.1) is 11.8 Å². The molecule has 0 aliphatic heterocycles. The maximum Gasteiger partial charge on any atom is 0.144 e. The molecule has 0 radical (unpaired) electrons. The van der Waals surface area contributed by atoms with Gasteiger partial charge in [-0.15, -0.1) is 0 Å². The van der Waals surface area contributed by atoms with E-state index in [1.54, 1.807) is 12.4 Å². The Hall–Kier alpha value is -1.32. The van der Waals surface area contributed by atoms with E-state index in [1.165, 1.54) is 0 Å². The third-order valence-electron chi connectivity index (χ3n) is 2.42. The predicted molar refractivity (Wildman–Crippen MR) is 58.9 cm³/mol. The van der Waals surface area contributed by atoms with E-state index in [9.17, 15) is 0 Å². The van der Waals surface area contributed by atoms with Crippen LogP contribution in [0.15, 0.2) is 12.4 Å². The second-order valence-electron chi connectivity index (χ2n) is 3.93. The second-order valence-corrected chi connectivity index (χ2v) is 3.93. The van der Waals surface area contributed by atoms with Crippen LogP contribution in [0.3, 0.4) is 0 Å². The first-order valence-corrected chi connectivity index (χ1v) is 4.91. The average Bonchev–Trinajstić information content (AvgIpc) is 2.16. The van der Waals surface area contributed by atoms with Gasteiger partial charge in [0, 0.05) is 6.54 Å². The summed E-state index contributed by atoms with van der Waals surface area (Å²) in [5.41, 5.74) is 5.43. The molecule has 0 bridgehead atoms. The summed E-state index contributed by atoms with van der Waals surface area (Å²) in [6, 6.07) is 0. The van der Waals surface area contributed by atoms with Crippen molar-refractivity contribution >= 4 is 11.6 Å². The highest BCUT2D eigenvalue weighted by Gasteiger charge is 2.06. The fraction of sp³-hybridized carbons (Fsp3) is 0.600. The minimum absolute atomic E-state index is 0.451. The van der Waals surface area contributed by atoms with E-state index >= 15 is 0 Å². The third kappa shape index (κ3) is 3.20. The molecule has 0 aliphatic rings. The van der Waals surface area contributed by atoms with Crippen molar-refractivity contribution < 1.29 is 0 Å². The van der Waals surface area contributed by atoms with Gasteiger partial charge in [0.2, 0.25) is 0 Å². The molecular weight excluding hydrogens is 176 g/mol.